The van der Waals surface area contributed by atoms with Crippen molar-refractivity contribution in [3.05, 3.63) is 159 Å². The summed E-state index contributed by atoms with van der Waals surface area (Å²) in [6.07, 6.45) is 1.26. The number of aromatic nitrogens is 1. The largest absolute Gasteiger partial charge is 0.489 e. The minimum absolute atomic E-state index is 0.0698. The van der Waals surface area contributed by atoms with Gasteiger partial charge in [-0.2, -0.15) is 4.31 Å². The number of ether oxygens (including phenoxy) is 1. The van der Waals surface area contributed by atoms with Crippen LogP contribution in [0.1, 0.15) is 38.2 Å². The van der Waals surface area contributed by atoms with Crippen molar-refractivity contribution in [1.29, 1.82) is 0 Å². The SMILES string of the molecule is Cc1ccc(S(=O)(=O)N2Cc3ccc(-c4c(F)cc5c(=O)c(C(=O)O)cn(-c6ccc(OCc7ccccc7)cc6)c5c4C)cc3C2)cc1. The van der Waals surface area contributed by atoms with Crippen molar-refractivity contribution in [2.75, 3.05) is 0 Å². The average molecular weight is 675 g/mol. The number of pyridine rings is 1. The van der Waals surface area contributed by atoms with E-state index in [0.29, 0.717) is 34.7 Å². The smallest absolute Gasteiger partial charge is 0.341 e. The standard InChI is InChI=1S/C39H31FN2O6S/c1-24-8-16-32(17-9-24)49(46,47)41-20-28-11-10-27(18-29(28)21-41)36-25(2)37-33(19-35(36)40)38(43)34(39(44)45)22-42(37)30-12-14-31(15-13-30)48-23-26-6-4-3-5-7-26/h3-19,22H,20-21,23H2,1-2H3,(H,44,45). The molecule has 0 spiro atoms. The van der Waals surface area contributed by atoms with Crippen LogP contribution >= 0.6 is 0 Å². The maximum absolute atomic E-state index is 16.0. The third kappa shape index (κ3) is 5.90. The van der Waals surface area contributed by atoms with Gasteiger partial charge in [-0.3, -0.25) is 4.79 Å². The molecule has 0 saturated heterocycles. The molecule has 10 heteroatoms. The summed E-state index contributed by atoms with van der Waals surface area (Å²) in [5.74, 6) is -1.52. The summed E-state index contributed by atoms with van der Waals surface area (Å²) >= 11 is 0. The van der Waals surface area contributed by atoms with E-state index < -0.39 is 32.8 Å². The summed E-state index contributed by atoms with van der Waals surface area (Å²) in [4.78, 5) is 25.7. The molecule has 246 valence electrons. The Kier molecular flexibility index (Phi) is 8.14. The molecule has 49 heavy (non-hydrogen) atoms. The van der Waals surface area contributed by atoms with Crippen LogP contribution in [0.5, 0.6) is 5.75 Å². The lowest BCUT2D eigenvalue weighted by atomic mass is 9.94. The Bertz CT molecular complexity index is 2420. The number of sulfonamides is 1. The number of aromatic carboxylic acids is 1. The van der Waals surface area contributed by atoms with Gasteiger partial charge in [0.2, 0.25) is 15.5 Å². The molecule has 0 atom stereocenters. The third-order valence-corrected chi connectivity index (χ3v) is 10.7. The molecule has 0 bridgehead atoms. The molecular formula is C39H31FN2O6S. The van der Waals surface area contributed by atoms with Gasteiger partial charge in [0.1, 0.15) is 23.7 Å². The Morgan fingerprint density at radius 3 is 2.27 bits per heavy atom. The molecule has 0 fully saturated rings. The number of hydrogen-bond acceptors (Lipinski definition) is 5. The summed E-state index contributed by atoms with van der Waals surface area (Å²) in [5.41, 5.74) is 4.31. The number of rotatable bonds is 8. The van der Waals surface area contributed by atoms with Gasteiger partial charge >= 0.3 is 5.97 Å². The minimum atomic E-state index is -3.75. The van der Waals surface area contributed by atoms with E-state index in [1.54, 1.807) is 78.2 Å². The predicted molar refractivity (Wildman–Crippen MR) is 185 cm³/mol. The maximum atomic E-state index is 16.0. The number of aryl methyl sites for hydroxylation is 2. The molecule has 8 nitrogen and oxygen atoms in total. The minimum Gasteiger partial charge on any atom is -0.489 e. The van der Waals surface area contributed by atoms with Gasteiger partial charge in [-0.25, -0.2) is 17.6 Å². The zero-order valence-corrected chi connectivity index (χ0v) is 27.5. The predicted octanol–water partition coefficient (Wildman–Crippen LogP) is 7.40. The number of carbonyl (C=O) groups is 1. The maximum Gasteiger partial charge on any atom is 0.341 e. The molecule has 0 saturated carbocycles. The number of carboxylic acid groups (broad SMARTS) is 1. The molecule has 1 aliphatic heterocycles. The van der Waals surface area contributed by atoms with Crippen molar-refractivity contribution in [2.24, 2.45) is 0 Å². The zero-order valence-electron chi connectivity index (χ0n) is 26.7. The summed E-state index contributed by atoms with van der Waals surface area (Å²) in [6, 6.07) is 29.8. The fraction of sp³-hybridized carbons (Fsp3) is 0.128. The molecular weight excluding hydrogens is 644 g/mol. The van der Waals surface area contributed by atoms with E-state index in [2.05, 4.69) is 0 Å². The topological polar surface area (TPSA) is 106 Å². The molecule has 1 aliphatic rings. The normalized spacial score (nSPS) is 13.0. The number of halogens is 1. The second-order valence-corrected chi connectivity index (χ2v) is 14.1. The van der Waals surface area contributed by atoms with Crippen LogP contribution in [0.15, 0.2) is 119 Å². The van der Waals surface area contributed by atoms with Gasteiger partial charge in [0.05, 0.1) is 15.8 Å². The fourth-order valence-electron chi connectivity index (χ4n) is 6.35. The highest BCUT2D eigenvalue weighted by Gasteiger charge is 2.31. The lowest BCUT2D eigenvalue weighted by molar-refractivity contribution is 0.0695. The van der Waals surface area contributed by atoms with Crippen molar-refractivity contribution >= 4 is 26.9 Å². The lowest BCUT2D eigenvalue weighted by Gasteiger charge is -2.18. The van der Waals surface area contributed by atoms with Crippen molar-refractivity contribution in [3.63, 3.8) is 0 Å². The number of fused-ring (bicyclic) bond motifs is 2. The molecule has 1 aromatic heterocycles. The van der Waals surface area contributed by atoms with Crippen molar-refractivity contribution in [1.82, 2.24) is 8.87 Å². The molecule has 0 aliphatic carbocycles. The van der Waals surface area contributed by atoms with Gasteiger partial charge in [-0.05, 0) is 90.2 Å². The van der Waals surface area contributed by atoms with E-state index in [4.69, 9.17) is 4.74 Å². The quantitative estimate of drug-likeness (QED) is 0.181. The molecule has 5 aromatic carbocycles. The molecule has 0 unspecified atom stereocenters. The molecule has 2 heterocycles. The van der Waals surface area contributed by atoms with Crippen LogP contribution < -0.4 is 10.2 Å². The number of nitrogens with zero attached hydrogens (tertiary/aromatic N) is 2. The van der Waals surface area contributed by atoms with Crippen molar-refractivity contribution in [2.45, 2.75) is 38.4 Å². The van der Waals surface area contributed by atoms with Crippen LogP contribution in [-0.2, 0) is 29.7 Å². The van der Waals surface area contributed by atoms with Gasteiger partial charge in [0.25, 0.3) is 0 Å². The Morgan fingerprint density at radius 2 is 1.57 bits per heavy atom. The Labute approximate surface area is 282 Å². The van der Waals surface area contributed by atoms with E-state index in [1.807, 2.05) is 37.3 Å². The first-order valence-corrected chi connectivity index (χ1v) is 17.0. The lowest BCUT2D eigenvalue weighted by Crippen LogP contribution is -2.25. The van der Waals surface area contributed by atoms with Gasteiger partial charge in [0, 0.05) is 30.5 Å². The highest BCUT2D eigenvalue weighted by molar-refractivity contribution is 7.89. The van der Waals surface area contributed by atoms with Crippen LogP contribution in [0.4, 0.5) is 4.39 Å². The average Bonchev–Trinajstić information content (AvgIpc) is 3.53. The van der Waals surface area contributed by atoms with Gasteiger partial charge < -0.3 is 14.4 Å². The second-order valence-electron chi connectivity index (χ2n) is 12.1. The highest BCUT2D eigenvalue weighted by atomic mass is 32.2. The first-order chi connectivity index (χ1) is 23.5. The first kappa shape index (κ1) is 32.0. The Morgan fingerprint density at radius 1 is 0.878 bits per heavy atom. The van der Waals surface area contributed by atoms with Crippen LogP contribution in [0.2, 0.25) is 0 Å². The van der Waals surface area contributed by atoms with Crippen LogP contribution in [0.3, 0.4) is 0 Å². The zero-order chi connectivity index (χ0) is 34.4. The molecule has 0 amide bonds. The summed E-state index contributed by atoms with van der Waals surface area (Å²) < 4.78 is 51.8. The van der Waals surface area contributed by atoms with Crippen molar-refractivity contribution < 1.29 is 27.4 Å². The third-order valence-electron chi connectivity index (χ3n) is 8.92. The fourth-order valence-corrected chi connectivity index (χ4v) is 7.75. The van der Waals surface area contributed by atoms with E-state index in [0.717, 1.165) is 28.3 Å². The summed E-state index contributed by atoms with van der Waals surface area (Å²) in [7, 11) is -3.75. The van der Waals surface area contributed by atoms with Crippen molar-refractivity contribution in [3.8, 4) is 22.6 Å². The van der Waals surface area contributed by atoms with Crippen LogP contribution in [0.25, 0.3) is 27.7 Å². The summed E-state index contributed by atoms with van der Waals surface area (Å²) in [6.45, 7) is 4.26. The number of carboxylic acids is 1. The summed E-state index contributed by atoms with van der Waals surface area (Å²) in [5, 5.41) is 9.80. The number of hydrogen-bond donors (Lipinski definition) is 1. The van der Waals surface area contributed by atoms with Crippen LogP contribution in [-0.4, -0.2) is 28.4 Å². The second kappa shape index (κ2) is 12.5. The first-order valence-electron chi connectivity index (χ1n) is 15.6. The monoisotopic (exact) mass is 674 g/mol. The van der Waals surface area contributed by atoms with Gasteiger partial charge in [-0.15, -0.1) is 0 Å². The van der Waals surface area contributed by atoms with E-state index in [1.165, 1.54) is 10.5 Å². The van der Waals surface area contributed by atoms with Gasteiger partial charge in [0.15, 0.2) is 0 Å². The Balaban J connectivity index is 1.28. The van der Waals surface area contributed by atoms with E-state index in [-0.39, 0.29) is 28.9 Å². The molecule has 6 aromatic rings. The van der Waals surface area contributed by atoms with E-state index >= 15 is 4.39 Å². The number of benzene rings is 5. The molecule has 1 N–H and O–H groups in total. The van der Waals surface area contributed by atoms with E-state index in [9.17, 15) is 23.1 Å². The van der Waals surface area contributed by atoms with Gasteiger partial charge in [-0.1, -0.05) is 60.2 Å². The highest BCUT2D eigenvalue weighted by Crippen LogP contribution is 2.37. The Hall–Kier alpha value is -5.58. The van der Waals surface area contributed by atoms with Crippen LogP contribution in [0, 0.1) is 19.7 Å². The molecule has 0 radical (unpaired) electrons. The molecule has 7 rings (SSSR count).